The molecule has 0 aliphatic heterocycles. The van der Waals surface area contributed by atoms with Crippen LogP contribution in [0.2, 0.25) is 0 Å². The minimum absolute atomic E-state index is 0.425. The summed E-state index contributed by atoms with van der Waals surface area (Å²) in [5.41, 5.74) is 0.988. The number of benzene rings is 2. The fourth-order valence-corrected chi connectivity index (χ4v) is 2.27. The molecule has 0 aromatic heterocycles. The lowest BCUT2D eigenvalue weighted by Crippen LogP contribution is -2.22. The summed E-state index contributed by atoms with van der Waals surface area (Å²) in [7, 11) is 0. The summed E-state index contributed by atoms with van der Waals surface area (Å²) in [6.07, 6.45) is 3.24. The van der Waals surface area contributed by atoms with Gasteiger partial charge in [-0.25, -0.2) is 0 Å². The van der Waals surface area contributed by atoms with Gasteiger partial charge in [0.2, 0.25) is 0 Å². The molecule has 1 atom stereocenters. The first-order valence-electron chi connectivity index (χ1n) is 7.18. The van der Waals surface area contributed by atoms with E-state index in [-0.39, 0.29) is 0 Å². The van der Waals surface area contributed by atoms with Crippen molar-refractivity contribution in [2.75, 3.05) is 13.1 Å². The number of fused-ring (bicyclic) bond motifs is 1. The highest BCUT2D eigenvalue weighted by Crippen LogP contribution is 2.19. The maximum absolute atomic E-state index is 10.2. The molecule has 2 aromatic rings. The Labute approximate surface area is 115 Å². The second-order valence-electron chi connectivity index (χ2n) is 5.03. The van der Waals surface area contributed by atoms with Crippen LogP contribution < -0.4 is 5.32 Å². The van der Waals surface area contributed by atoms with Crippen LogP contribution in [0.3, 0.4) is 0 Å². The molecule has 0 spiro atoms. The molecule has 19 heavy (non-hydrogen) atoms. The zero-order valence-electron chi connectivity index (χ0n) is 11.6. The van der Waals surface area contributed by atoms with Gasteiger partial charge in [0.15, 0.2) is 0 Å². The van der Waals surface area contributed by atoms with Crippen LogP contribution in [-0.4, -0.2) is 18.2 Å². The predicted molar refractivity (Wildman–Crippen MR) is 81.3 cm³/mol. The van der Waals surface area contributed by atoms with Gasteiger partial charge in [0.25, 0.3) is 0 Å². The van der Waals surface area contributed by atoms with E-state index in [1.165, 1.54) is 30.0 Å². The van der Waals surface area contributed by atoms with Crippen molar-refractivity contribution >= 4 is 10.8 Å². The number of unbranched alkanes of at least 4 members (excludes halogenated alkanes) is 2. The molecule has 0 unspecified atom stereocenters. The van der Waals surface area contributed by atoms with E-state index < -0.39 is 6.10 Å². The summed E-state index contributed by atoms with van der Waals surface area (Å²) >= 11 is 0. The van der Waals surface area contributed by atoms with Crippen LogP contribution in [0.4, 0.5) is 0 Å². The lowest BCUT2D eigenvalue weighted by molar-refractivity contribution is 0.175. The van der Waals surface area contributed by atoms with Crippen molar-refractivity contribution in [3.8, 4) is 0 Å². The minimum atomic E-state index is -0.425. The van der Waals surface area contributed by atoms with Crippen LogP contribution in [0.1, 0.15) is 37.9 Å². The molecular formula is C17H23NO. The van der Waals surface area contributed by atoms with Crippen LogP contribution in [0.25, 0.3) is 10.8 Å². The molecule has 0 saturated heterocycles. The van der Waals surface area contributed by atoms with Crippen molar-refractivity contribution in [1.29, 1.82) is 0 Å². The summed E-state index contributed by atoms with van der Waals surface area (Å²) in [6.45, 7) is 3.81. The fraction of sp³-hybridized carbons (Fsp3) is 0.412. The maximum atomic E-state index is 10.2. The normalized spacial score (nSPS) is 12.7. The smallest absolute Gasteiger partial charge is 0.0914 e. The number of aliphatic hydroxyl groups excluding tert-OH is 1. The highest BCUT2D eigenvalue weighted by Gasteiger charge is 2.07. The first kappa shape index (κ1) is 14.0. The van der Waals surface area contributed by atoms with Crippen molar-refractivity contribution < 1.29 is 5.11 Å². The maximum Gasteiger partial charge on any atom is 0.0914 e. The summed E-state index contributed by atoms with van der Waals surface area (Å²) < 4.78 is 0. The SMILES string of the molecule is CCCCCNC[C@H](O)c1ccc2ccccc2c1. The average Bonchev–Trinajstić information content (AvgIpc) is 2.46. The molecular weight excluding hydrogens is 234 g/mol. The first-order valence-corrected chi connectivity index (χ1v) is 7.18. The van der Waals surface area contributed by atoms with Gasteiger partial charge in [-0.15, -0.1) is 0 Å². The monoisotopic (exact) mass is 257 g/mol. The third kappa shape index (κ3) is 4.05. The van der Waals surface area contributed by atoms with Gasteiger partial charge < -0.3 is 10.4 Å². The third-order valence-corrected chi connectivity index (χ3v) is 3.45. The largest absolute Gasteiger partial charge is 0.387 e. The van der Waals surface area contributed by atoms with Crippen LogP contribution in [-0.2, 0) is 0 Å². The summed E-state index contributed by atoms with van der Waals surface area (Å²) in [6, 6.07) is 14.4. The Morgan fingerprint density at radius 1 is 1.05 bits per heavy atom. The number of hydrogen-bond donors (Lipinski definition) is 2. The molecule has 2 nitrogen and oxygen atoms in total. The number of nitrogens with one attached hydrogen (secondary N) is 1. The van der Waals surface area contributed by atoms with Crippen LogP contribution in [0, 0.1) is 0 Å². The molecule has 0 heterocycles. The van der Waals surface area contributed by atoms with Gasteiger partial charge in [-0.3, -0.25) is 0 Å². The van der Waals surface area contributed by atoms with E-state index in [1.807, 2.05) is 18.2 Å². The topological polar surface area (TPSA) is 32.3 Å². The summed E-state index contributed by atoms with van der Waals surface area (Å²) in [5, 5.41) is 15.9. The quantitative estimate of drug-likeness (QED) is 0.742. The molecule has 2 aromatic carbocycles. The van der Waals surface area contributed by atoms with Gasteiger partial charge in [0, 0.05) is 6.54 Å². The zero-order valence-corrected chi connectivity index (χ0v) is 11.6. The van der Waals surface area contributed by atoms with E-state index in [0.29, 0.717) is 6.54 Å². The predicted octanol–water partition coefficient (Wildman–Crippen LogP) is 3.65. The highest BCUT2D eigenvalue weighted by atomic mass is 16.3. The number of hydrogen-bond acceptors (Lipinski definition) is 2. The summed E-state index contributed by atoms with van der Waals surface area (Å²) in [5.74, 6) is 0. The first-order chi connectivity index (χ1) is 9.31. The Balaban J connectivity index is 1.91. The van der Waals surface area contributed by atoms with Crippen molar-refractivity contribution in [2.45, 2.75) is 32.3 Å². The average molecular weight is 257 g/mol. The Hall–Kier alpha value is -1.38. The second-order valence-corrected chi connectivity index (χ2v) is 5.03. The highest BCUT2D eigenvalue weighted by molar-refractivity contribution is 5.83. The molecule has 102 valence electrons. The van der Waals surface area contributed by atoms with Crippen molar-refractivity contribution in [2.24, 2.45) is 0 Å². The van der Waals surface area contributed by atoms with Gasteiger partial charge in [-0.05, 0) is 35.4 Å². The van der Waals surface area contributed by atoms with Crippen LogP contribution in [0.15, 0.2) is 42.5 Å². The minimum Gasteiger partial charge on any atom is -0.387 e. The van der Waals surface area contributed by atoms with Crippen LogP contribution >= 0.6 is 0 Å². The van der Waals surface area contributed by atoms with E-state index in [4.69, 9.17) is 0 Å². The van der Waals surface area contributed by atoms with E-state index in [0.717, 1.165) is 12.1 Å². The van der Waals surface area contributed by atoms with Crippen molar-refractivity contribution in [3.05, 3.63) is 48.0 Å². The Morgan fingerprint density at radius 3 is 2.63 bits per heavy atom. The Kier molecular flexibility index (Phi) is 5.37. The molecule has 2 heteroatoms. The summed E-state index contributed by atoms with van der Waals surface area (Å²) in [4.78, 5) is 0. The molecule has 0 aliphatic carbocycles. The third-order valence-electron chi connectivity index (χ3n) is 3.45. The van der Waals surface area contributed by atoms with E-state index in [1.54, 1.807) is 0 Å². The van der Waals surface area contributed by atoms with Gasteiger partial charge in [-0.1, -0.05) is 56.2 Å². The second kappa shape index (κ2) is 7.27. The van der Waals surface area contributed by atoms with Crippen molar-refractivity contribution in [3.63, 3.8) is 0 Å². The fourth-order valence-electron chi connectivity index (χ4n) is 2.27. The Morgan fingerprint density at radius 2 is 1.84 bits per heavy atom. The molecule has 0 fully saturated rings. The molecule has 0 saturated carbocycles. The molecule has 0 aliphatic rings. The van der Waals surface area contributed by atoms with E-state index >= 15 is 0 Å². The molecule has 0 amide bonds. The zero-order chi connectivity index (χ0) is 13.5. The van der Waals surface area contributed by atoms with Gasteiger partial charge >= 0.3 is 0 Å². The standard InChI is InChI=1S/C17H23NO/c1-2-3-6-11-18-13-17(19)16-10-9-14-7-4-5-8-15(14)12-16/h4-5,7-10,12,17-19H,2-3,6,11,13H2,1H3/t17-/m0/s1. The molecule has 2 rings (SSSR count). The van der Waals surface area contributed by atoms with Gasteiger partial charge in [0.1, 0.15) is 0 Å². The van der Waals surface area contributed by atoms with Gasteiger partial charge in [0.05, 0.1) is 6.10 Å². The lowest BCUT2D eigenvalue weighted by Gasteiger charge is -2.13. The van der Waals surface area contributed by atoms with Crippen LogP contribution in [0.5, 0.6) is 0 Å². The molecule has 2 N–H and O–H groups in total. The van der Waals surface area contributed by atoms with Gasteiger partial charge in [-0.2, -0.15) is 0 Å². The van der Waals surface area contributed by atoms with Crippen molar-refractivity contribution in [1.82, 2.24) is 5.32 Å². The Bertz CT molecular complexity index is 509. The molecule has 0 bridgehead atoms. The van der Waals surface area contributed by atoms with E-state index in [2.05, 4.69) is 36.5 Å². The number of rotatable bonds is 7. The number of aliphatic hydroxyl groups is 1. The lowest BCUT2D eigenvalue weighted by atomic mass is 10.0. The van der Waals surface area contributed by atoms with E-state index in [9.17, 15) is 5.11 Å². The molecule has 0 radical (unpaired) electrons.